The molecule has 1 aromatic heterocycles. The van der Waals surface area contributed by atoms with Crippen LogP contribution in [0.2, 0.25) is 0 Å². The van der Waals surface area contributed by atoms with Gasteiger partial charge in [0.15, 0.2) is 5.96 Å². The van der Waals surface area contributed by atoms with E-state index in [-0.39, 0.29) is 12.5 Å². The highest BCUT2D eigenvalue weighted by Crippen LogP contribution is 2.26. The average molecular weight is 383 g/mol. The molecule has 150 valence electrons. The Morgan fingerprint density at radius 1 is 1.25 bits per heavy atom. The molecule has 0 spiro atoms. The fourth-order valence-electron chi connectivity index (χ4n) is 3.59. The molecule has 0 radical (unpaired) electrons. The van der Waals surface area contributed by atoms with Gasteiger partial charge in [0, 0.05) is 37.1 Å². The fourth-order valence-corrected chi connectivity index (χ4v) is 3.59. The quantitative estimate of drug-likeness (QED) is 0.613. The Hall–Kier alpha value is -2.83. The molecular formula is C21H30N6O. The Labute approximate surface area is 166 Å². The van der Waals surface area contributed by atoms with Crippen LogP contribution in [0.1, 0.15) is 35.9 Å². The van der Waals surface area contributed by atoms with Crippen LogP contribution in [-0.4, -0.2) is 41.3 Å². The number of anilines is 1. The minimum absolute atomic E-state index is 0.0616. The molecule has 28 heavy (non-hydrogen) atoms. The van der Waals surface area contributed by atoms with E-state index in [2.05, 4.69) is 26.8 Å². The lowest BCUT2D eigenvalue weighted by Gasteiger charge is -2.29. The van der Waals surface area contributed by atoms with Crippen LogP contribution in [0.15, 0.2) is 29.3 Å². The van der Waals surface area contributed by atoms with Crippen molar-refractivity contribution in [3.8, 4) is 0 Å². The number of carbonyl (C=O) groups excluding carboxylic acids is 1. The lowest BCUT2D eigenvalue weighted by atomic mass is 10.0. The van der Waals surface area contributed by atoms with Gasteiger partial charge < -0.3 is 15.5 Å². The summed E-state index contributed by atoms with van der Waals surface area (Å²) in [6, 6.07) is 8.15. The Morgan fingerprint density at radius 3 is 2.75 bits per heavy atom. The number of nitrogens with one attached hydrogen (secondary N) is 2. The van der Waals surface area contributed by atoms with Gasteiger partial charge >= 0.3 is 0 Å². The van der Waals surface area contributed by atoms with Crippen LogP contribution in [0, 0.1) is 13.8 Å². The van der Waals surface area contributed by atoms with E-state index in [9.17, 15) is 4.79 Å². The number of aryl methyl sites for hydroxylation is 3. The van der Waals surface area contributed by atoms with Gasteiger partial charge in [-0.15, -0.1) is 0 Å². The molecule has 0 unspecified atom stereocenters. The van der Waals surface area contributed by atoms with E-state index in [1.54, 1.807) is 0 Å². The summed E-state index contributed by atoms with van der Waals surface area (Å²) in [5.41, 5.74) is 5.49. The predicted octanol–water partition coefficient (Wildman–Crippen LogP) is 2.07. The molecule has 1 amide bonds. The molecule has 1 aliphatic rings. The zero-order chi connectivity index (χ0) is 20.1. The molecule has 7 nitrogen and oxygen atoms in total. The Morgan fingerprint density at radius 2 is 2.04 bits per heavy atom. The van der Waals surface area contributed by atoms with Gasteiger partial charge in [0.05, 0.1) is 18.8 Å². The summed E-state index contributed by atoms with van der Waals surface area (Å²) >= 11 is 0. The van der Waals surface area contributed by atoms with E-state index >= 15 is 0 Å². The summed E-state index contributed by atoms with van der Waals surface area (Å²) in [5.74, 6) is 0.704. The van der Waals surface area contributed by atoms with E-state index in [4.69, 9.17) is 0 Å². The van der Waals surface area contributed by atoms with Crippen molar-refractivity contribution in [2.75, 3.05) is 24.5 Å². The van der Waals surface area contributed by atoms with Crippen LogP contribution >= 0.6 is 0 Å². The van der Waals surface area contributed by atoms with Gasteiger partial charge in [-0.3, -0.25) is 9.48 Å². The van der Waals surface area contributed by atoms with E-state index in [0.29, 0.717) is 12.5 Å². The fraction of sp³-hybridized carbons (Fsp3) is 0.476. The van der Waals surface area contributed by atoms with Crippen molar-refractivity contribution in [2.24, 2.45) is 12.0 Å². The Balaban J connectivity index is 1.66. The smallest absolute Gasteiger partial charge is 0.246 e. The zero-order valence-corrected chi connectivity index (χ0v) is 17.2. The van der Waals surface area contributed by atoms with Crippen LogP contribution in [0.4, 0.5) is 5.69 Å². The second-order valence-corrected chi connectivity index (χ2v) is 7.10. The Bertz CT molecular complexity index is 870. The summed E-state index contributed by atoms with van der Waals surface area (Å²) in [6.07, 6.45) is 2.03. The molecule has 0 atom stereocenters. The molecule has 2 aromatic rings. The van der Waals surface area contributed by atoms with Gasteiger partial charge in [-0.2, -0.15) is 5.10 Å². The number of aliphatic imine (C=N–C) groups is 1. The molecule has 2 heterocycles. The number of benzene rings is 1. The lowest BCUT2D eigenvalue weighted by Crippen LogP contribution is -2.46. The molecule has 3 rings (SSSR count). The maximum Gasteiger partial charge on any atom is 0.246 e. The normalized spacial score (nSPS) is 14.0. The number of hydrogen-bond donors (Lipinski definition) is 2. The van der Waals surface area contributed by atoms with Gasteiger partial charge in [0.25, 0.3) is 0 Å². The molecule has 0 bridgehead atoms. The van der Waals surface area contributed by atoms with Gasteiger partial charge in [0.2, 0.25) is 5.91 Å². The second-order valence-electron chi connectivity index (χ2n) is 7.10. The number of amides is 1. The number of rotatable bonds is 5. The highest BCUT2D eigenvalue weighted by Gasteiger charge is 2.22. The third-order valence-corrected chi connectivity index (χ3v) is 5.22. The van der Waals surface area contributed by atoms with Crippen LogP contribution in [0.25, 0.3) is 0 Å². The van der Waals surface area contributed by atoms with Crippen molar-refractivity contribution in [2.45, 2.75) is 40.2 Å². The van der Waals surface area contributed by atoms with Gasteiger partial charge in [0.1, 0.15) is 0 Å². The molecule has 1 aliphatic heterocycles. The number of aromatic nitrogens is 2. The third-order valence-electron chi connectivity index (χ3n) is 5.22. The number of carbonyl (C=O) groups is 1. The van der Waals surface area contributed by atoms with Crippen molar-refractivity contribution in [1.82, 2.24) is 20.4 Å². The number of guanidine groups is 1. The number of fused-ring (bicyclic) bond motifs is 1. The van der Waals surface area contributed by atoms with E-state index < -0.39 is 0 Å². The van der Waals surface area contributed by atoms with E-state index in [0.717, 1.165) is 48.6 Å². The number of para-hydroxylation sites is 1. The van der Waals surface area contributed by atoms with Gasteiger partial charge in [-0.05, 0) is 45.2 Å². The minimum Gasteiger partial charge on any atom is -0.357 e. The first kappa shape index (κ1) is 19.9. The molecule has 0 saturated carbocycles. The largest absolute Gasteiger partial charge is 0.357 e. The van der Waals surface area contributed by atoms with Crippen LogP contribution < -0.4 is 15.5 Å². The van der Waals surface area contributed by atoms with E-state index in [1.807, 2.05) is 55.6 Å². The minimum atomic E-state index is 0.0616. The monoisotopic (exact) mass is 382 g/mol. The van der Waals surface area contributed by atoms with Crippen molar-refractivity contribution >= 4 is 17.6 Å². The number of hydrogen-bond acceptors (Lipinski definition) is 3. The highest BCUT2D eigenvalue weighted by molar-refractivity contribution is 5.98. The van der Waals surface area contributed by atoms with Crippen LogP contribution in [-0.2, 0) is 24.8 Å². The third kappa shape index (κ3) is 4.35. The summed E-state index contributed by atoms with van der Waals surface area (Å²) in [5, 5.41) is 10.8. The topological polar surface area (TPSA) is 74.5 Å². The van der Waals surface area contributed by atoms with Crippen molar-refractivity contribution in [1.29, 1.82) is 0 Å². The van der Waals surface area contributed by atoms with Crippen LogP contribution in [0.3, 0.4) is 0 Å². The molecule has 0 fully saturated rings. The van der Waals surface area contributed by atoms with Crippen molar-refractivity contribution in [3.63, 3.8) is 0 Å². The molecule has 2 N–H and O–H groups in total. The van der Waals surface area contributed by atoms with Gasteiger partial charge in [-0.1, -0.05) is 18.2 Å². The zero-order valence-electron chi connectivity index (χ0n) is 17.2. The summed E-state index contributed by atoms with van der Waals surface area (Å²) in [4.78, 5) is 19.4. The molecule has 7 heteroatoms. The maximum atomic E-state index is 12.8. The Kier molecular flexibility index (Phi) is 6.34. The average Bonchev–Trinajstić information content (AvgIpc) is 2.94. The SMILES string of the molecule is CCNC(=NCc1c(C)nn(C)c1C)NCC(=O)N1CCCc2ccccc21. The molecule has 1 aromatic carbocycles. The van der Waals surface area contributed by atoms with Gasteiger partial charge in [-0.25, -0.2) is 4.99 Å². The predicted molar refractivity (Wildman–Crippen MR) is 113 cm³/mol. The molecule has 0 aliphatic carbocycles. The maximum absolute atomic E-state index is 12.8. The standard InChI is InChI=1S/C21H30N6O/c1-5-22-21(23-13-18-15(2)25-26(4)16(18)3)24-14-20(28)27-12-8-10-17-9-6-7-11-19(17)27/h6-7,9,11H,5,8,10,12-14H2,1-4H3,(H2,22,23,24). The second kappa shape index (κ2) is 8.91. The highest BCUT2D eigenvalue weighted by atomic mass is 16.2. The first-order valence-corrected chi connectivity index (χ1v) is 9.90. The first-order valence-electron chi connectivity index (χ1n) is 9.90. The molecular weight excluding hydrogens is 352 g/mol. The summed E-state index contributed by atoms with van der Waals surface area (Å²) < 4.78 is 1.87. The van der Waals surface area contributed by atoms with E-state index in [1.165, 1.54) is 5.56 Å². The van der Waals surface area contributed by atoms with Crippen molar-refractivity contribution < 1.29 is 4.79 Å². The summed E-state index contributed by atoms with van der Waals surface area (Å²) in [7, 11) is 1.94. The summed E-state index contributed by atoms with van der Waals surface area (Å²) in [6.45, 7) is 8.29. The van der Waals surface area contributed by atoms with Crippen molar-refractivity contribution in [3.05, 3.63) is 46.8 Å². The van der Waals surface area contributed by atoms with Crippen LogP contribution in [0.5, 0.6) is 0 Å². The first-order chi connectivity index (χ1) is 13.5. The molecule has 0 saturated heterocycles. The number of nitrogens with zero attached hydrogens (tertiary/aromatic N) is 4. The lowest BCUT2D eigenvalue weighted by molar-refractivity contribution is -0.117.